The fourth-order valence-electron chi connectivity index (χ4n) is 3.41. The number of aromatic amines is 1. The topological polar surface area (TPSA) is 121 Å². The third kappa shape index (κ3) is 2.58. The van der Waals surface area contributed by atoms with E-state index in [-0.39, 0.29) is 5.71 Å². The molecule has 0 radical (unpaired) electrons. The molecule has 1 fully saturated rings. The van der Waals surface area contributed by atoms with Crippen molar-refractivity contribution >= 4 is 46.7 Å². The number of hydrogen-bond acceptors (Lipinski definition) is 7. The average Bonchev–Trinajstić information content (AvgIpc) is 3.42. The van der Waals surface area contributed by atoms with Crippen molar-refractivity contribution in [3.05, 3.63) is 58.5 Å². The average molecular weight is 372 g/mol. The van der Waals surface area contributed by atoms with Gasteiger partial charge < -0.3 is 4.98 Å². The summed E-state index contributed by atoms with van der Waals surface area (Å²) in [6.07, 6.45) is 9.67. The summed E-state index contributed by atoms with van der Waals surface area (Å²) in [5.74, 6) is -3.01. The summed E-state index contributed by atoms with van der Waals surface area (Å²) in [7, 11) is 0. The Labute approximate surface area is 157 Å². The third-order valence-electron chi connectivity index (χ3n) is 4.74. The fourth-order valence-corrected chi connectivity index (χ4v) is 3.41. The van der Waals surface area contributed by atoms with E-state index in [1.807, 2.05) is 18.2 Å². The van der Waals surface area contributed by atoms with Gasteiger partial charge >= 0.3 is 0 Å². The molecule has 4 aliphatic heterocycles. The van der Waals surface area contributed by atoms with Gasteiger partial charge in [-0.25, -0.2) is 9.98 Å². The number of nitrogens with zero attached hydrogens (tertiary/aromatic N) is 2. The quantitative estimate of drug-likeness (QED) is 0.421. The minimum Gasteiger partial charge on any atom is -0.355 e. The Bertz CT molecular complexity index is 1270. The first-order valence-corrected chi connectivity index (χ1v) is 8.58. The smallest absolute Gasteiger partial charge is 0.225 e. The Hall–Kier alpha value is -3.78. The van der Waals surface area contributed by atoms with Crippen molar-refractivity contribution in [2.45, 2.75) is 12.1 Å². The third-order valence-corrected chi connectivity index (χ3v) is 4.74. The van der Waals surface area contributed by atoms with Gasteiger partial charge in [-0.3, -0.25) is 24.5 Å². The van der Waals surface area contributed by atoms with Gasteiger partial charge in [0.05, 0.1) is 23.1 Å². The largest absolute Gasteiger partial charge is 0.355 e. The maximum atomic E-state index is 12.7. The predicted octanol–water partition coefficient (Wildman–Crippen LogP) is -1.56. The van der Waals surface area contributed by atoms with Crippen LogP contribution in [0.2, 0.25) is 0 Å². The van der Waals surface area contributed by atoms with Crippen molar-refractivity contribution in [1.82, 2.24) is 10.3 Å². The van der Waals surface area contributed by atoms with Gasteiger partial charge in [-0.2, -0.15) is 0 Å². The molecule has 2 atom stereocenters. The molecule has 2 N–H and O–H groups in total. The van der Waals surface area contributed by atoms with Crippen LogP contribution in [0.4, 0.5) is 0 Å². The second kappa shape index (κ2) is 5.86. The molecule has 8 bridgehead atoms. The van der Waals surface area contributed by atoms with Crippen molar-refractivity contribution in [2.75, 3.05) is 0 Å². The first kappa shape index (κ1) is 16.4. The lowest BCUT2D eigenvalue weighted by Crippen LogP contribution is -2.43. The van der Waals surface area contributed by atoms with Crippen LogP contribution in [0, 0.1) is 0 Å². The molecular weight excluding hydrogens is 360 g/mol. The van der Waals surface area contributed by atoms with E-state index < -0.39 is 35.2 Å². The number of nitrogens with one attached hydrogen (secondary N) is 2. The SMILES string of the molecule is O=C1C=C2/C=c3/cc/c([nH]3)=C/C3=NC(=C\C4NC(C(=O)C4=O)C(=O)C1=N2)/C=C3. The van der Waals surface area contributed by atoms with Crippen molar-refractivity contribution in [1.29, 1.82) is 0 Å². The zero-order chi connectivity index (χ0) is 19.4. The number of carbonyl (C=O) groups excluding carboxylic acids is 4. The summed E-state index contributed by atoms with van der Waals surface area (Å²) in [4.78, 5) is 61.1. The number of allylic oxidation sites excluding steroid dienone is 4. The van der Waals surface area contributed by atoms with Crippen LogP contribution < -0.4 is 16.0 Å². The maximum absolute atomic E-state index is 12.7. The molecule has 0 aliphatic carbocycles. The molecule has 5 rings (SSSR count). The number of hydrogen-bond donors (Lipinski definition) is 2. The molecule has 28 heavy (non-hydrogen) atoms. The highest BCUT2D eigenvalue weighted by atomic mass is 16.2. The Morgan fingerprint density at radius 2 is 1.57 bits per heavy atom. The van der Waals surface area contributed by atoms with Crippen LogP contribution in [0.1, 0.15) is 0 Å². The monoisotopic (exact) mass is 372 g/mol. The van der Waals surface area contributed by atoms with Crippen LogP contribution in [-0.2, 0) is 19.2 Å². The summed E-state index contributed by atoms with van der Waals surface area (Å²) in [6, 6.07) is 1.26. The summed E-state index contributed by atoms with van der Waals surface area (Å²) in [5.41, 5.74) is 1.11. The molecule has 1 aromatic rings. The molecule has 2 unspecified atom stereocenters. The normalized spacial score (nSPS) is 30.1. The first-order chi connectivity index (χ1) is 13.5. The Balaban J connectivity index is 1.68. The maximum Gasteiger partial charge on any atom is 0.225 e. The van der Waals surface area contributed by atoms with Gasteiger partial charge in [0, 0.05) is 16.8 Å². The van der Waals surface area contributed by atoms with Gasteiger partial charge in [0.15, 0.2) is 5.71 Å². The highest BCUT2D eigenvalue weighted by Gasteiger charge is 2.46. The Kier molecular flexibility index (Phi) is 3.43. The minimum absolute atomic E-state index is 0.294. The molecule has 0 amide bonds. The lowest BCUT2D eigenvalue weighted by molar-refractivity contribution is -0.136. The van der Waals surface area contributed by atoms with Crippen LogP contribution in [0.5, 0.6) is 0 Å². The van der Waals surface area contributed by atoms with Gasteiger partial charge in [0.1, 0.15) is 6.04 Å². The standard InChI is InChI=1S/C20H12N4O4/c25-15-8-13-6-11-2-1-9(21-11)5-10-3-4-12(22-10)7-14-18(26)20(28)17(24-14)19(27)16(15)23-13/h1-8,14,17,21,24H/b9-5-,11-6-,12-7-. The molecule has 1 saturated heterocycles. The number of H-pyrrole nitrogens is 1. The predicted molar refractivity (Wildman–Crippen MR) is 99.9 cm³/mol. The van der Waals surface area contributed by atoms with E-state index >= 15 is 0 Å². The van der Waals surface area contributed by atoms with Crippen LogP contribution in [0.25, 0.3) is 12.2 Å². The van der Waals surface area contributed by atoms with E-state index in [2.05, 4.69) is 20.3 Å². The van der Waals surface area contributed by atoms with E-state index in [1.54, 1.807) is 18.2 Å². The fraction of sp³-hybridized carbons (Fsp3) is 0.100. The van der Waals surface area contributed by atoms with Crippen molar-refractivity contribution in [3.63, 3.8) is 0 Å². The molecule has 8 heteroatoms. The highest BCUT2D eigenvalue weighted by molar-refractivity contribution is 6.73. The van der Waals surface area contributed by atoms with Crippen molar-refractivity contribution in [2.24, 2.45) is 9.98 Å². The molecule has 1 aromatic heterocycles. The number of ketones is 4. The van der Waals surface area contributed by atoms with E-state index in [0.717, 1.165) is 5.35 Å². The van der Waals surface area contributed by atoms with E-state index in [0.29, 0.717) is 22.5 Å². The molecule has 5 heterocycles. The van der Waals surface area contributed by atoms with Gasteiger partial charge in [-0.15, -0.1) is 0 Å². The second-order valence-corrected chi connectivity index (χ2v) is 6.68. The summed E-state index contributed by atoms with van der Waals surface area (Å²) in [6.45, 7) is 0. The summed E-state index contributed by atoms with van der Waals surface area (Å²) in [5, 5.41) is 4.18. The second-order valence-electron chi connectivity index (χ2n) is 6.68. The van der Waals surface area contributed by atoms with Gasteiger partial charge in [0.2, 0.25) is 23.1 Å². The van der Waals surface area contributed by atoms with Gasteiger partial charge in [-0.05, 0) is 42.5 Å². The van der Waals surface area contributed by atoms with Crippen LogP contribution >= 0.6 is 0 Å². The van der Waals surface area contributed by atoms with Crippen molar-refractivity contribution in [3.8, 4) is 0 Å². The molecule has 0 aromatic carbocycles. The molecule has 8 nitrogen and oxygen atoms in total. The lowest BCUT2D eigenvalue weighted by atomic mass is 10.0. The van der Waals surface area contributed by atoms with Crippen LogP contribution in [0.3, 0.4) is 0 Å². The van der Waals surface area contributed by atoms with E-state index in [9.17, 15) is 19.2 Å². The molecular formula is C20H12N4O4. The minimum atomic E-state index is -1.42. The molecule has 0 spiro atoms. The Morgan fingerprint density at radius 3 is 2.39 bits per heavy atom. The number of carbonyl (C=O) groups is 4. The number of Topliss-reactive ketones (excluding diaryl/α,β-unsaturated/α-hetero) is 3. The first-order valence-electron chi connectivity index (χ1n) is 8.58. The van der Waals surface area contributed by atoms with Gasteiger partial charge in [0.25, 0.3) is 0 Å². The highest BCUT2D eigenvalue weighted by Crippen LogP contribution is 2.17. The van der Waals surface area contributed by atoms with Crippen LogP contribution in [0.15, 0.2) is 57.8 Å². The van der Waals surface area contributed by atoms with E-state index in [4.69, 9.17) is 0 Å². The lowest BCUT2D eigenvalue weighted by Gasteiger charge is -2.08. The molecule has 0 saturated carbocycles. The number of rotatable bonds is 0. The zero-order valence-electron chi connectivity index (χ0n) is 14.3. The Morgan fingerprint density at radius 1 is 0.786 bits per heavy atom. The molecule has 136 valence electrons. The van der Waals surface area contributed by atoms with Gasteiger partial charge in [-0.1, -0.05) is 0 Å². The van der Waals surface area contributed by atoms with E-state index in [1.165, 1.54) is 12.2 Å². The van der Waals surface area contributed by atoms with Crippen molar-refractivity contribution < 1.29 is 19.2 Å². The summed E-state index contributed by atoms with van der Waals surface area (Å²) >= 11 is 0. The zero-order valence-corrected chi connectivity index (χ0v) is 14.3. The molecule has 4 aliphatic rings. The number of aromatic nitrogens is 1. The number of aliphatic imine (C=N–C) groups is 2. The summed E-state index contributed by atoms with van der Waals surface area (Å²) < 4.78 is 0. The number of fused-ring (bicyclic) bond motifs is 6. The van der Waals surface area contributed by atoms with Crippen LogP contribution in [-0.4, -0.2) is 51.6 Å².